The molecule has 2 atom stereocenters. The molecule has 0 fully saturated rings. The predicted molar refractivity (Wildman–Crippen MR) is 161 cm³/mol. The third-order valence-corrected chi connectivity index (χ3v) is 8.45. The van der Waals surface area contributed by atoms with E-state index in [0.29, 0.717) is 0 Å². The summed E-state index contributed by atoms with van der Waals surface area (Å²) in [6.07, 6.45) is -3.42. The zero-order chi connectivity index (χ0) is 34.1. The number of hydrogen-bond donors (Lipinski definition) is 1. The van der Waals surface area contributed by atoms with Crippen molar-refractivity contribution in [2.45, 2.75) is 38.6 Å². The molecule has 1 aliphatic rings. The molecular formula is C34H29F4O9P. The highest BCUT2D eigenvalue weighted by molar-refractivity contribution is 7.48. The van der Waals surface area contributed by atoms with E-state index >= 15 is 0 Å². The van der Waals surface area contributed by atoms with Crippen LogP contribution in [0.1, 0.15) is 22.3 Å². The number of halogens is 4. The number of phosphoric ester groups is 1. The molecular weight excluding hydrogens is 659 g/mol. The molecule has 1 heterocycles. The van der Waals surface area contributed by atoms with Crippen LogP contribution >= 0.6 is 7.82 Å². The second-order valence-electron chi connectivity index (χ2n) is 10.3. The Morgan fingerprint density at radius 3 is 1.46 bits per heavy atom. The van der Waals surface area contributed by atoms with Gasteiger partial charge < -0.3 is 19.3 Å². The summed E-state index contributed by atoms with van der Waals surface area (Å²) in [4.78, 5) is 13.1. The predicted octanol–water partition coefficient (Wildman–Crippen LogP) is 7.03. The maximum atomic E-state index is 14.4. The van der Waals surface area contributed by atoms with Gasteiger partial charge in [0, 0.05) is 22.3 Å². The normalized spacial score (nSPS) is 15.4. The van der Waals surface area contributed by atoms with Gasteiger partial charge in [0.25, 0.3) is 0 Å². The molecule has 1 N–H and O–H groups in total. The highest BCUT2D eigenvalue weighted by Gasteiger charge is 2.46. The molecule has 0 aliphatic carbocycles. The molecule has 0 saturated carbocycles. The lowest BCUT2D eigenvalue weighted by atomic mass is 10.1. The van der Waals surface area contributed by atoms with Gasteiger partial charge in [-0.2, -0.15) is 0 Å². The summed E-state index contributed by atoms with van der Waals surface area (Å²) in [7, 11) is -4.85. The molecule has 48 heavy (non-hydrogen) atoms. The fourth-order valence-electron chi connectivity index (χ4n) is 4.49. The summed E-state index contributed by atoms with van der Waals surface area (Å²) >= 11 is 0. The summed E-state index contributed by atoms with van der Waals surface area (Å²) < 4.78 is 105. The number of carbonyl (C=O) groups is 1. The molecule has 252 valence electrons. The van der Waals surface area contributed by atoms with Crippen molar-refractivity contribution in [3.8, 4) is 0 Å². The van der Waals surface area contributed by atoms with Gasteiger partial charge >= 0.3 is 13.8 Å². The molecule has 0 saturated heterocycles. The number of aliphatic hydroxyl groups excluding tert-OH is 1. The average molecular weight is 689 g/mol. The lowest BCUT2D eigenvalue weighted by Crippen LogP contribution is -2.35. The Bertz CT molecular complexity index is 1770. The van der Waals surface area contributed by atoms with Gasteiger partial charge in [-0.15, -0.1) is 0 Å². The Balaban J connectivity index is 1.44. The van der Waals surface area contributed by atoms with Crippen LogP contribution in [0.3, 0.4) is 0 Å². The summed E-state index contributed by atoms with van der Waals surface area (Å²) in [6, 6.07) is 22.1. The van der Waals surface area contributed by atoms with Crippen LogP contribution in [-0.4, -0.2) is 29.9 Å². The lowest BCUT2D eigenvalue weighted by molar-refractivity contribution is -0.148. The molecule has 0 aromatic heterocycles. The average Bonchev–Trinajstić information content (AvgIpc) is 3.40. The van der Waals surface area contributed by atoms with Gasteiger partial charge in [0.05, 0.1) is 19.8 Å². The SMILES string of the molecule is O=C1OC(C(CO)OP(=O)(OCc2ccccc2F)OCc2ccccc2F)C(OCc2ccccc2F)=C1OCc1ccccc1F. The molecule has 9 nitrogen and oxygen atoms in total. The summed E-state index contributed by atoms with van der Waals surface area (Å²) in [5.41, 5.74) is 0.102. The van der Waals surface area contributed by atoms with Crippen molar-refractivity contribution in [3.63, 3.8) is 0 Å². The first-order chi connectivity index (χ1) is 23.2. The third-order valence-electron chi connectivity index (χ3n) is 7.03. The van der Waals surface area contributed by atoms with Crippen LogP contribution in [0.25, 0.3) is 0 Å². The van der Waals surface area contributed by atoms with Crippen molar-refractivity contribution in [1.82, 2.24) is 0 Å². The van der Waals surface area contributed by atoms with Gasteiger partial charge in [0.2, 0.25) is 5.76 Å². The first-order valence-corrected chi connectivity index (χ1v) is 16.0. The number of esters is 1. The van der Waals surface area contributed by atoms with Gasteiger partial charge in [-0.1, -0.05) is 72.8 Å². The maximum Gasteiger partial charge on any atom is 0.475 e. The fraction of sp³-hybridized carbons (Fsp3) is 0.206. The number of hydrogen-bond acceptors (Lipinski definition) is 9. The van der Waals surface area contributed by atoms with Crippen LogP contribution in [-0.2, 0) is 63.6 Å². The summed E-state index contributed by atoms with van der Waals surface area (Å²) in [6.45, 7) is -3.15. The number of phosphoric acid groups is 1. The molecule has 1 aliphatic heterocycles. The van der Waals surface area contributed by atoms with Crippen molar-refractivity contribution >= 4 is 13.8 Å². The Morgan fingerprint density at radius 1 is 0.646 bits per heavy atom. The summed E-state index contributed by atoms with van der Waals surface area (Å²) in [5, 5.41) is 10.4. The third kappa shape index (κ3) is 8.68. The van der Waals surface area contributed by atoms with Crippen molar-refractivity contribution in [2.75, 3.05) is 6.61 Å². The minimum Gasteiger partial charge on any atom is -0.485 e. The Kier molecular flexibility index (Phi) is 11.6. The van der Waals surface area contributed by atoms with Crippen LogP contribution in [0.2, 0.25) is 0 Å². The number of carbonyl (C=O) groups excluding carboxylic acids is 1. The zero-order valence-corrected chi connectivity index (χ0v) is 26.0. The molecule has 5 rings (SSSR count). The molecule has 4 aromatic rings. The Labute approximate surface area is 272 Å². The lowest BCUT2D eigenvalue weighted by Gasteiger charge is -2.27. The van der Waals surface area contributed by atoms with Gasteiger partial charge in [0.1, 0.15) is 42.6 Å². The molecule has 0 radical (unpaired) electrons. The molecule has 14 heteroatoms. The smallest absolute Gasteiger partial charge is 0.475 e. The van der Waals surface area contributed by atoms with Crippen molar-refractivity contribution in [3.05, 3.63) is 154 Å². The van der Waals surface area contributed by atoms with Crippen LogP contribution in [0.4, 0.5) is 17.6 Å². The maximum absolute atomic E-state index is 14.4. The molecule has 4 aromatic carbocycles. The van der Waals surface area contributed by atoms with Crippen molar-refractivity contribution < 1.29 is 59.8 Å². The van der Waals surface area contributed by atoms with E-state index in [-0.39, 0.29) is 22.3 Å². The van der Waals surface area contributed by atoms with E-state index in [9.17, 15) is 32.0 Å². The quantitative estimate of drug-likeness (QED) is 0.0754. The van der Waals surface area contributed by atoms with Crippen LogP contribution in [0.5, 0.6) is 0 Å². The number of rotatable bonds is 16. The van der Waals surface area contributed by atoms with E-state index in [1.54, 1.807) is 12.1 Å². The molecule has 0 bridgehead atoms. The summed E-state index contributed by atoms with van der Waals surface area (Å²) in [5.74, 6) is -4.68. The van der Waals surface area contributed by atoms with Gasteiger partial charge in [0.15, 0.2) is 11.9 Å². The topological polar surface area (TPSA) is 110 Å². The number of cyclic esters (lactones) is 1. The van der Waals surface area contributed by atoms with Crippen LogP contribution < -0.4 is 0 Å². The van der Waals surface area contributed by atoms with E-state index in [1.807, 2.05) is 0 Å². The Hall–Kier alpha value is -4.52. The van der Waals surface area contributed by atoms with Gasteiger partial charge in [-0.05, 0) is 24.3 Å². The minimum atomic E-state index is -4.85. The van der Waals surface area contributed by atoms with Gasteiger partial charge in [-0.25, -0.2) is 26.9 Å². The van der Waals surface area contributed by atoms with Crippen molar-refractivity contribution in [1.29, 1.82) is 0 Å². The standard InChI is InChI=1S/C34H29F4O9P/c35-26-13-5-1-9-22(26)18-42-32-31(46-34(40)33(32)43-19-23-10-2-6-14-27(23)36)30(17-39)47-48(41,44-20-24-11-3-7-15-28(24)37)45-21-25-12-4-8-16-29(25)38/h1-16,30-31,39H,17-21H2. The van der Waals surface area contributed by atoms with Gasteiger partial charge in [-0.3, -0.25) is 13.6 Å². The second kappa shape index (κ2) is 16.1. The minimum absolute atomic E-state index is 0.0266. The Morgan fingerprint density at radius 2 is 1.04 bits per heavy atom. The molecule has 0 spiro atoms. The monoisotopic (exact) mass is 688 g/mol. The van der Waals surface area contributed by atoms with E-state index in [4.69, 9.17) is 27.8 Å². The van der Waals surface area contributed by atoms with Crippen LogP contribution in [0, 0.1) is 23.3 Å². The first-order valence-electron chi connectivity index (χ1n) is 14.5. The highest BCUT2D eigenvalue weighted by Crippen LogP contribution is 2.53. The van der Waals surface area contributed by atoms with E-state index in [1.165, 1.54) is 72.8 Å². The van der Waals surface area contributed by atoms with Crippen molar-refractivity contribution in [2.24, 2.45) is 0 Å². The molecule has 2 unspecified atom stereocenters. The number of ether oxygens (including phenoxy) is 3. The fourth-order valence-corrected chi connectivity index (χ4v) is 5.79. The highest BCUT2D eigenvalue weighted by atomic mass is 31.2. The molecule has 0 amide bonds. The van der Waals surface area contributed by atoms with E-state index in [2.05, 4.69) is 0 Å². The number of aliphatic hydroxyl groups is 1. The number of benzene rings is 4. The van der Waals surface area contributed by atoms with E-state index < -0.39 is 93.8 Å². The first kappa shape index (κ1) is 34.8. The van der Waals surface area contributed by atoms with Crippen LogP contribution in [0.15, 0.2) is 109 Å². The largest absolute Gasteiger partial charge is 0.485 e. The second-order valence-corrected chi connectivity index (χ2v) is 11.9. The van der Waals surface area contributed by atoms with E-state index in [0.717, 1.165) is 12.1 Å². The zero-order valence-electron chi connectivity index (χ0n) is 25.1.